The number of hydrogen-bond donors (Lipinski definition) is 2. The lowest BCUT2D eigenvalue weighted by Crippen LogP contribution is -2.41. The van der Waals surface area contributed by atoms with E-state index in [0.29, 0.717) is 106 Å². The molecule has 2 unspecified atom stereocenters. The van der Waals surface area contributed by atoms with Gasteiger partial charge in [-0.15, -0.1) is 0 Å². The van der Waals surface area contributed by atoms with Crippen molar-refractivity contribution in [2.75, 3.05) is 62.4 Å². The number of amides is 2. The molecule has 0 bridgehead atoms. The average molecular weight is 1500 g/mol. The molecule has 9 heterocycles. The number of aromatic nitrogens is 4. The number of furan rings is 2. The molecule has 6 aromatic carbocycles. The predicted molar refractivity (Wildman–Crippen MR) is 394 cm³/mol. The van der Waals surface area contributed by atoms with Gasteiger partial charge in [0.15, 0.2) is 12.5 Å². The number of nitrogens with zero attached hydrogens (tertiary/aromatic N) is 12. The molecular formula is C72H62BClF4N14O12S2. The zero-order chi connectivity index (χ0) is 75.8. The van der Waals surface area contributed by atoms with Crippen LogP contribution < -0.4 is 34.2 Å². The monoisotopic (exact) mass is 1500 g/mol. The van der Waals surface area contributed by atoms with Gasteiger partial charge < -0.3 is 47.4 Å². The van der Waals surface area contributed by atoms with Crippen LogP contribution in [0, 0.1) is 23.3 Å². The van der Waals surface area contributed by atoms with E-state index in [-0.39, 0.29) is 58.4 Å². The lowest BCUT2D eigenvalue weighted by atomic mass is 9.77. The summed E-state index contributed by atoms with van der Waals surface area (Å²) in [6.07, 6.45) is 0.779. The van der Waals surface area contributed by atoms with Crippen molar-refractivity contribution in [2.45, 2.75) is 51.4 Å². The van der Waals surface area contributed by atoms with Crippen molar-refractivity contribution in [1.29, 1.82) is 0 Å². The van der Waals surface area contributed by atoms with E-state index in [9.17, 15) is 44.0 Å². The van der Waals surface area contributed by atoms with Gasteiger partial charge in [-0.2, -0.15) is 0 Å². The van der Waals surface area contributed by atoms with Crippen LogP contribution in [-0.4, -0.2) is 120 Å². The summed E-state index contributed by atoms with van der Waals surface area (Å²) >= 11 is 5.98. The predicted octanol–water partition coefficient (Wildman–Crippen LogP) is 15.0. The van der Waals surface area contributed by atoms with Crippen LogP contribution in [0.15, 0.2) is 165 Å². The molecule has 3 aliphatic heterocycles. The fourth-order valence-corrected chi connectivity index (χ4v) is 13.9. The van der Waals surface area contributed by atoms with Crippen molar-refractivity contribution in [3.05, 3.63) is 206 Å². The van der Waals surface area contributed by atoms with Crippen molar-refractivity contribution in [3.63, 3.8) is 0 Å². The number of carbonyl (C=O) groups is 2. The summed E-state index contributed by atoms with van der Waals surface area (Å²) in [5.74, 6) is -1.33. The van der Waals surface area contributed by atoms with Gasteiger partial charge in [0.25, 0.3) is 11.8 Å². The van der Waals surface area contributed by atoms with Crippen LogP contribution in [0.3, 0.4) is 0 Å². The molecule has 0 radical (unpaired) electrons. The number of nitrogens with one attached hydrogen (secondary N) is 2. The number of rotatable bonds is 14. The average Bonchev–Trinajstić information content (AvgIpc) is 1.57. The number of fused-ring (bicyclic) bond motifs is 12. The van der Waals surface area contributed by atoms with E-state index in [1.807, 2.05) is 27.7 Å². The van der Waals surface area contributed by atoms with Gasteiger partial charge in [-0.25, -0.2) is 44.4 Å². The number of anilines is 2. The van der Waals surface area contributed by atoms with E-state index in [0.717, 1.165) is 21.1 Å². The number of pyridine rings is 2. The molecule has 6 aromatic heterocycles. The molecule has 15 rings (SSSR count). The summed E-state index contributed by atoms with van der Waals surface area (Å²) in [7, 11) is -2.60. The van der Waals surface area contributed by atoms with Gasteiger partial charge >= 0.3 is 7.12 Å². The summed E-state index contributed by atoms with van der Waals surface area (Å²) in [6.45, 7) is 7.58. The molecule has 2 amide bonds. The molecule has 1 saturated heterocycles. The molecule has 2 N–H and O–H groups in total. The summed E-state index contributed by atoms with van der Waals surface area (Å²) in [6, 6.07) is 36.7. The molecule has 106 heavy (non-hydrogen) atoms. The maximum absolute atomic E-state index is 15.0. The first kappa shape index (κ1) is 72.8. The highest BCUT2D eigenvalue weighted by atomic mass is 35.5. The first-order valence-corrected chi connectivity index (χ1v) is 36.5. The van der Waals surface area contributed by atoms with E-state index in [4.69, 9.17) is 55.3 Å². The Balaban J connectivity index is 0.000000150. The highest BCUT2D eigenvalue weighted by molar-refractivity contribution is 7.92. The SMILES string of the molecule is CNC(=O)c1c(-c2ccc(F)cc2)oc2cc(N(C)S(C)(=O)=O)c(-c3ccc4c(n3)-c3cc5c(F)cccc5n3C(CN=[N+]=[N-])O4)cc12.CNC(=O)c1c(-c2ccc(F)cc2)oc2cc(N(C)S(C)(=O)=O)c(B3OC(C)(C)C(C)(C)O3)cc12.[N-]=[N+]=NCC1Oc2ccc(Cl)nc2-c2cc3c(F)cccc3n21. The zero-order valence-corrected chi connectivity index (χ0v) is 60.4. The number of ether oxygens (including phenoxy) is 2. The van der Waals surface area contributed by atoms with Gasteiger partial charge in [-0.1, -0.05) is 34.0 Å². The minimum Gasteiger partial charge on any atom is -0.468 e. The normalized spacial score (nSPS) is 15.3. The summed E-state index contributed by atoms with van der Waals surface area (Å²) < 4.78 is 149. The first-order chi connectivity index (χ1) is 50.3. The fraction of sp³-hybridized carbons (Fsp3) is 0.222. The van der Waals surface area contributed by atoms with E-state index in [2.05, 4.69) is 35.7 Å². The van der Waals surface area contributed by atoms with E-state index in [1.54, 1.807) is 88.0 Å². The largest absolute Gasteiger partial charge is 0.497 e. The molecule has 1 fully saturated rings. The number of sulfonamides is 2. The lowest BCUT2D eigenvalue weighted by molar-refractivity contribution is 0.00578. The van der Waals surface area contributed by atoms with Gasteiger partial charge in [0.1, 0.15) is 74.0 Å². The molecule has 34 heteroatoms. The zero-order valence-electron chi connectivity index (χ0n) is 58.0. The summed E-state index contributed by atoms with van der Waals surface area (Å²) in [4.78, 5) is 41.0. The Kier molecular flexibility index (Phi) is 19.1. The van der Waals surface area contributed by atoms with Crippen molar-refractivity contribution < 1.29 is 71.6 Å². The number of carbonyl (C=O) groups excluding carboxylic acids is 2. The Morgan fingerprint density at radius 1 is 0.594 bits per heavy atom. The third kappa shape index (κ3) is 13.3. The van der Waals surface area contributed by atoms with Crippen LogP contribution >= 0.6 is 11.6 Å². The van der Waals surface area contributed by atoms with Gasteiger partial charge in [-0.3, -0.25) is 18.2 Å². The number of azide groups is 2. The van der Waals surface area contributed by atoms with Crippen LogP contribution in [-0.2, 0) is 29.4 Å². The molecule has 12 aromatic rings. The van der Waals surface area contributed by atoms with Crippen LogP contribution in [0.2, 0.25) is 5.15 Å². The molecule has 26 nitrogen and oxygen atoms in total. The summed E-state index contributed by atoms with van der Waals surface area (Å²) in [5, 5.41) is 14.4. The second-order valence-corrected chi connectivity index (χ2v) is 30.2. The molecule has 0 spiro atoms. The smallest absolute Gasteiger partial charge is 0.468 e. The van der Waals surface area contributed by atoms with E-state index < -0.39 is 80.1 Å². The minimum absolute atomic E-state index is 0.0753. The number of halogens is 5. The Labute approximate surface area is 607 Å². The Morgan fingerprint density at radius 3 is 1.48 bits per heavy atom. The maximum atomic E-state index is 15.0. The van der Waals surface area contributed by atoms with Crippen molar-refractivity contribution >= 4 is 111 Å². The van der Waals surface area contributed by atoms with Crippen LogP contribution in [0.25, 0.3) is 121 Å². The highest BCUT2D eigenvalue weighted by Crippen LogP contribution is 2.48. The topological polar surface area (TPSA) is 329 Å². The lowest BCUT2D eigenvalue weighted by Gasteiger charge is -2.32. The molecule has 3 aliphatic rings. The molecule has 2 atom stereocenters. The summed E-state index contributed by atoms with van der Waals surface area (Å²) in [5.41, 5.74) is 22.8. The van der Waals surface area contributed by atoms with Crippen LogP contribution in [0.4, 0.5) is 28.9 Å². The fourth-order valence-electron chi connectivity index (χ4n) is 12.7. The van der Waals surface area contributed by atoms with Crippen molar-refractivity contribution in [2.24, 2.45) is 10.2 Å². The van der Waals surface area contributed by atoms with E-state index >= 15 is 0 Å². The Morgan fingerprint density at radius 2 is 1.03 bits per heavy atom. The Bertz CT molecular complexity index is 5930. The highest BCUT2D eigenvalue weighted by Gasteiger charge is 2.53. The van der Waals surface area contributed by atoms with Gasteiger partial charge in [0, 0.05) is 93.8 Å². The van der Waals surface area contributed by atoms with Crippen LogP contribution in [0.1, 0.15) is 60.9 Å². The van der Waals surface area contributed by atoms with Crippen molar-refractivity contribution in [1.82, 2.24) is 29.7 Å². The first-order valence-electron chi connectivity index (χ1n) is 32.4. The minimum atomic E-state index is -3.81. The second kappa shape index (κ2) is 27.8. The van der Waals surface area contributed by atoms with Crippen LogP contribution in [0.5, 0.6) is 11.5 Å². The third-order valence-electron chi connectivity index (χ3n) is 18.8. The molecule has 0 saturated carbocycles. The number of benzene rings is 6. The van der Waals surface area contributed by atoms with E-state index in [1.165, 1.54) is 94.9 Å². The van der Waals surface area contributed by atoms with Gasteiger partial charge in [0.2, 0.25) is 20.0 Å². The molecule has 0 aliphatic carbocycles. The quantitative estimate of drug-likeness (QED) is 0.0255. The second-order valence-electron chi connectivity index (χ2n) is 25.7. The van der Waals surface area contributed by atoms with Gasteiger partial charge in [0.05, 0.1) is 87.4 Å². The Hall–Kier alpha value is -11.6. The maximum Gasteiger partial charge on any atom is 0.497 e. The number of hydrogen-bond acceptors (Lipinski definition) is 16. The molecule has 542 valence electrons. The van der Waals surface area contributed by atoms with Gasteiger partial charge in [-0.05, 0) is 160 Å². The standard InChI is InChI=1S/C33H25F2N7O5S.C24H28BFN2O6S.C15H9ClFN5O/c1-37-33(43)30-21-13-20(25(41(2)48(3,44)45)15-28(21)47-32(30)17-7-9-18(34)10-8-17)23-11-12-27-31(39-23)26-14-19-22(35)5-4-6-24(19)42(26)29(46-27)16-38-40-36;1-23(2)24(3,4)34-25(33-23)17-12-16-19(13-18(17)28(6)35(7,30)31)32-21(20(16)22(29)27-5)14-8-10-15(26)11-9-14;16-13-5-4-12-15(20-13)11-6-8-9(17)2-1-3-10(8)22(11)14(23-12)7-19-21-18/h4-15,29H,16H2,1-3H3,(H,37,43);8-13H,1-7H3,(H,27,29);1-6,14H,7H2. The molecular weight excluding hydrogens is 1440 g/mol. The van der Waals surface area contributed by atoms with Crippen molar-refractivity contribution in [3.8, 4) is 68.2 Å². The third-order valence-corrected chi connectivity index (χ3v) is 21.3.